The normalized spacial score (nSPS) is 18.1. The van der Waals surface area contributed by atoms with Crippen LogP contribution in [0.2, 0.25) is 0 Å². The lowest BCUT2D eigenvalue weighted by molar-refractivity contribution is 0.0689. The molecule has 1 saturated heterocycles. The van der Waals surface area contributed by atoms with Gasteiger partial charge in [0.2, 0.25) is 0 Å². The summed E-state index contributed by atoms with van der Waals surface area (Å²) in [4.78, 5) is 24.2. The average Bonchev–Trinajstić information content (AvgIpc) is 3.02. The van der Waals surface area contributed by atoms with Crippen molar-refractivity contribution in [3.05, 3.63) is 24.0 Å². The van der Waals surface area contributed by atoms with Crippen molar-refractivity contribution in [1.29, 1.82) is 0 Å². The van der Waals surface area contributed by atoms with Crippen LogP contribution in [0.1, 0.15) is 28.6 Å². The lowest BCUT2D eigenvalue weighted by atomic mass is 10.2. The summed E-state index contributed by atoms with van der Waals surface area (Å²) in [5.74, 6) is -1.10. The Kier molecular flexibility index (Phi) is 4.02. The Morgan fingerprint density at radius 2 is 2.35 bits per heavy atom. The van der Waals surface area contributed by atoms with Gasteiger partial charge in [0.25, 0.3) is 0 Å². The maximum atomic E-state index is 11.7. The lowest BCUT2D eigenvalue weighted by Gasteiger charge is -2.16. The summed E-state index contributed by atoms with van der Waals surface area (Å²) in [7, 11) is 0. The van der Waals surface area contributed by atoms with Crippen molar-refractivity contribution >= 4 is 12.1 Å². The molecule has 8 nitrogen and oxygen atoms in total. The van der Waals surface area contributed by atoms with Crippen LogP contribution in [0.25, 0.3) is 0 Å². The number of aromatic nitrogens is 3. The molecule has 0 saturated carbocycles. The van der Waals surface area contributed by atoms with Crippen LogP contribution < -0.4 is 0 Å². The highest BCUT2D eigenvalue weighted by atomic mass is 16.6. The van der Waals surface area contributed by atoms with E-state index in [0.717, 1.165) is 0 Å². The Bertz CT molecular complexity index is 540. The van der Waals surface area contributed by atoms with Gasteiger partial charge in [-0.15, -0.1) is 5.10 Å². The molecule has 108 valence electrons. The number of carboxylic acid groups (broad SMARTS) is 1. The number of amides is 1. The Labute approximate surface area is 115 Å². The van der Waals surface area contributed by atoms with E-state index in [4.69, 9.17) is 9.84 Å². The van der Waals surface area contributed by atoms with Crippen molar-refractivity contribution in [3.63, 3.8) is 0 Å². The first kappa shape index (κ1) is 14.0. The van der Waals surface area contributed by atoms with Gasteiger partial charge in [0.05, 0.1) is 11.7 Å². The number of hydrogen-bond acceptors (Lipinski definition) is 5. The van der Waals surface area contributed by atoms with Gasteiger partial charge in [-0.2, -0.15) is 0 Å². The molecule has 1 unspecified atom stereocenters. The van der Waals surface area contributed by atoms with Crippen molar-refractivity contribution in [2.75, 3.05) is 19.7 Å². The molecule has 0 bridgehead atoms. The van der Waals surface area contributed by atoms with Crippen molar-refractivity contribution in [1.82, 2.24) is 19.9 Å². The molecule has 1 aromatic rings. The first-order chi connectivity index (χ1) is 9.54. The second kappa shape index (κ2) is 5.72. The Morgan fingerprint density at radius 1 is 1.60 bits per heavy atom. The number of carbonyl (C=O) groups excluding carboxylic acids is 1. The van der Waals surface area contributed by atoms with Gasteiger partial charge in [0.15, 0.2) is 5.69 Å². The number of ether oxygens (including phenoxy) is 1. The molecule has 0 spiro atoms. The van der Waals surface area contributed by atoms with Crippen LogP contribution in [0.15, 0.2) is 12.7 Å². The first-order valence-electron chi connectivity index (χ1n) is 6.22. The van der Waals surface area contributed by atoms with E-state index in [9.17, 15) is 9.59 Å². The fraction of sp³-hybridized carbons (Fsp3) is 0.500. The van der Waals surface area contributed by atoms with Gasteiger partial charge in [-0.25, -0.2) is 14.3 Å². The molecule has 0 radical (unpaired) electrons. The smallest absolute Gasteiger partial charge is 0.410 e. The molecule has 1 fully saturated rings. The number of nitrogens with zero attached hydrogens (tertiary/aromatic N) is 4. The highest BCUT2D eigenvalue weighted by Crippen LogP contribution is 2.23. The highest BCUT2D eigenvalue weighted by Gasteiger charge is 2.31. The lowest BCUT2D eigenvalue weighted by Crippen LogP contribution is -2.30. The number of likely N-dealkylation sites (tertiary alicyclic amines) is 1. The van der Waals surface area contributed by atoms with Crippen molar-refractivity contribution in [2.45, 2.75) is 19.4 Å². The number of hydrogen-bond donors (Lipinski definition) is 1. The van der Waals surface area contributed by atoms with Crippen molar-refractivity contribution in [3.8, 4) is 0 Å². The Hall–Kier alpha value is -2.38. The molecular formula is C12H16N4O4. The zero-order chi connectivity index (χ0) is 14.7. The SMILES string of the molecule is C=CCOC(=O)N1CCC(n2nnc(C(=O)O)c2C)C1. The summed E-state index contributed by atoms with van der Waals surface area (Å²) in [6, 6.07) is -0.0770. The standard InChI is InChI=1S/C12H16N4O4/c1-3-6-20-12(19)15-5-4-9(7-15)16-8(2)10(11(17)18)13-14-16/h3,9H,1,4-7H2,2H3,(H,17,18). The van der Waals surface area contributed by atoms with Crippen LogP contribution in [0, 0.1) is 6.92 Å². The third-order valence-corrected chi connectivity index (χ3v) is 3.22. The zero-order valence-corrected chi connectivity index (χ0v) is 11.2. The van der Waals surface area contributed by atoms with E-state index in [-0.39, 0.29) is 18.3 Å². The second-order valence-corrected chi connectivity index (χ2v) is 4.53. The summed E-state index contributed by atoms with van der Waals surface area (Å²) in [6.45, 7) is 6.28. The number of rotatable bonds is 4. The Morgan fingerprint density at radius 3 is 2.95 bits per heavy atom. The van der Waals surface area contributed by atoms with E-state index in [1.165, 1.54) is 6.08 Å². The number of carboxylic acids is 1. The molecular weight excluding hydrogens is 264 g/mol. The minimum absolute atomic E-state index is 0.0577. The molecule has 0 aliphatic carbocycles. The summed E-state index contributed by atoms with van der Waals surface area (Å²) >= 11 is 0. The summed E-state index contributed by atoms with van der Waals surface area (Å²) < 4.78 is 6.52. The summed E-state index contributed by atoms with van der Waals surface area (Å²) in [5.41, 5.74) is 0.432. The largest absolute Gasteiger partial charge is 0.476 e. The van der Waals surface area contributed by atoms with Gasteiger partial charge in [-0.1, -0.05) is 17.9 Å². The van der Waals surface area contributed by atoms with Crippen LogP contribution in [0.5, 0.6) is 0 Å². The van der Waals surface area contributed by atoms with E-state index in [2.05, 4.69) is 16.9 Å². The fourth-order valence-corrected chi connectivity index (χ4v) is 2.21. The minimum atomic E-state index is -1.10. The molecule has 1 aliphatic heterocycles. The predicted molar refractivity (Wildman–Crippen MR) is 68.5 cm³/mol. The third-order valence-electron chi connectivity index (χ3n) is 3.22. The molecule has 1 N–H and O–H groups in total. The van der Waals surface area contributed by atoms with Crippen LogP contribution in [-0.2, 0) is 4.74 Å². The quantitative estimate of drug-likeness (QED) is 0.821. The van der Waals surface area contributed by atoms with Crippen molar-refractivity contribution in [2.24, 2.45) is 0 Å². The fourth-order valence-electron chi connectivity index (χ4n) is 2.21. The Balaban J connectivity index is 2.04. The minimum Gasteiger partial charge on any atom is -0.476 e. The van der Waals surface area contributed by atoms with Crippen molar-refractivity contribution < 1.29 is 19.4 Å². The topological polar surface area (TPSA) is 97.5 Å². The van der Waals surface area contributed by atoms with Gasteiger partial charge in [-0.05, 0) is 13.3 Å². The highest BCUT2D eigenvalue weighted by molar-refractivity contribution is 5.86. The molecule has 2 heterocycles. The zero-order valence-electron chi connectivity index (χ0n) is 11.2. The number of aromatic carboxylic acids is 1. The van der Waals surface area contributed by atoms with Gasteiger partial charge < -0.3 is 14.7 Å². The van der Waals surface area contributed by atoms with Crippen LogP contribution in [0.3, 0.4) is 0 Å². The molecule has 1 atom stereocenters. The first-order valence-corrected chi connectivity index (χ1v) is 6.22. The van der Waals surface area contributed by atoms with E-state index in [1.807, 2.05) is 0 Å². The van der Waals surface area contributed by atoms with E-state index in [1.54, 1.807) is 16.5 Å². The second-order valence-electron chi connectivity index (χ2n) is 4.53. The molecule has 1 aromatic heterocycles. The van der Waals surface area contributed by atoms with E-state index >= 15 is 0 Å². The van der Waals surface area contributed by atoms with Gasteiger partial charge in [0, 0.05) is 13.1 Å². The molecule has 20 heavy (non-hydrogen) atoms. The van der Waals surface area contributed by atoms with Gasteiger partial charge in [0.1, 0.15) is 6.61 Å². The average molecular weight is 280 g/mol. The molecule has 1 aliphatic rings. The molecule has 8 heteroatoms. The molecule has 1 amide bonds. The molecule has 2 rings (SSSR count). The maximum Gasteiger partial charge on any atom is 0.410 e. The third kappa shape index (κ3) is 2.63. The predicted octanol–water partition coefficient (Wildman–Crippen LogP) is 0.854. The maximum absolute atomic E-state index is 11.7. The van der Waals surface area contributed by atoms with Crippen LogP contribution in [-0.4, -0.2) is 56.8 Å². The van der Waals surface area contributed by atoms with Crippen LogP contribution in [0.4, 0.5) is 4.79 Å². The summed E-state index contributed by atoms with van der Waals surface area (Å²) in [5, 5.41) is 16.5. The number of carbonyl (C=O) groups is 2. The van der Waals surface area contributed by atoms with E-state index in [0.29, 0.717) is 25.2 Å². The monoisotopic (exact) mass is 280 g/mol. The summed E-state index contributed by atoms with van der Waals surface area (Å²) in [6.07, 6.45) is 1.79. The molecule has 0 aromatic carbocycles. The van der Waals surface area contributed by atoms with Gasteiger partial charge >= 0.3 is 12.1 Å². The van der Waals surface area contributed by atoms with Gasteiger partial charge in [-0.3, -0.25) is 0 Å². The van der Waals surface area contributed by atoms with Crippen LogP contribution >= 0.6 is 0 Å². The van der Waals surface area contributed by atoms with E-state index < -0.39 is 12.1 Å².